The van der Waals surface area contributed by atoms with E-state index in [1.807, 2.05) is 36.4 Å². The zero-order valence-corrected chi connectivity index (χ0v) is 16.3. The standard InChI is InChI=1S/C22H25F3N2O2/c1-21(29,22(23,24)25)16-19(28)26-12-14-27(15-13-26)20(17-8-4-2-5-9-17)18-10-6-3-7-11-18/h2-11,20,29H,12-16H2,1H3/t21-/m0/s1. The molecular weight excluding hydrogens is 381 g/mol. The molecule has 0 saturated carbocycles. The van der Waals surface area contributed by atoms with Crippen molar-refractivity contribution in [3.63, 3.8) is 0 Å². The Morgan fingerprint density at radius 3 is 1.79 bits per heavy atom. The van der Waals surface area contributed by atoms with Crippen molar-refractivity contribution in [1.82, 2.24) is 9.80 Å². The fraction of sp³-hybridized carbons (Fsp3) is 0.409. The number of rotatable bonds is 5. The van der Waals surface area contributed by atoms with Crippen LogP contribution in [0, 0.1) is 0 Å². The van der Waals surface area contributed by atoms with Crippen molar-refractivity contribution >= 4 is 5.91 Å². The predicted octanol–water partition coefficient (Wildman–Crippen LogP) is 3.62. The summed E-state index contributed by atoms with van der Waals surface area (Å²) in [4.78, 5) is 16.0. The molecule has 0 unspecified atom stereocenters. The van der Waals surface area contributed by atoms with Crippen molar-refractivity contribution in [2.24, 2.45) is 0 Å². The molecule has 0 bridgehead atoms. The number of nitrogens with zero attached hydrogens (tertiary/aromatic N) is 2. The van der Waals surface area contributed by atoms with Gasteiger partial charge in [0, 0.05) is 26.2 Å². The minimum absolute atomic E-state index is 0.00735. The molecule has 4 nitrogen and oxygen atoms in total. The number of carbonyl (C=O) groups is 1. The Morgan fingerprint density at radius 1 is 0.931 bits per heavy atom. The second-order valence-corrected chi connectivity index (χ2v) is 7.59. The topological polar surface area (TPSA) is 43.8 Å². The highest BCUT2D eigenvalue weighted by atomic mass is 19.4. The van der Waals surface area contributed by atoms with Crippen LogP contribution in [0.15, 0.2) is 60.7 Å². The molecule has 1 aliphatic rings. The molecule has 156 valence electrons. The molecule has 0 spiro atoms. The third-order valence-electron chi connectivity index (χ3n) is 5.37. The van der Waals surface area contributed by atoms with E-state index in [0.29, 0.717) is 33.1 Å². The molecule has 2 aromatic carbocycles. The predicted molar refractivity (Wildman–Crippen MR) is 104 cm³/mol. The first-order valence-electron chi connectivity index (χ1n) is 9.60. The molecule has 0 radical (unpaired) electrons. The number of benzene rings is 2. The van der Waals surface area contributed by atoms with E-state index in [-0.39, 0.29) is 6.04 Å². The van der Waals surface area contributed by atoms with Crippen LogP contribution in [0.3, 0.4) is 0 Å². The van der Waals surface area contributed by atoms with Crippen molar-refractivity contribution in [3.05, 3.63) is 71.8 Å². The maximum atomic E-state index is 12.9. The molecule has 1 saturated heterocycles. The largest absolute Gasteiger partial charge is 0.417 e. The summed E-state index contributed by atoms with van der Waals surface area (Å²) in [6.07, 6.45) is -5.80. The third-order valence-corrected chi connectivity index (χ3v) is 5.37. The summed E-state index contributed by atoms with van der Waals surface area (Å²) in [6.45, 7) is 2.36. The van der Waals surface area contributed by atoms with E-state index in [4.69, 9.17) is 0 Å². The summed E-state index contributed by atoms with van der Waals surface area (Å²) in [5.74, 6) is -0.678. The van der Waals surface area contributed by atoms with Crippen molar-refractivity contribution < 1.29 is 23.1 Å². The van der Waals surface area contributed by atoms with E-state index < -0.39 is 24.1 Å². The first-order chi connectivity index (χ1) is 13.7. The number of aliphatic hydroxyl groups is 1. The minimum Gasteiger partial charge on any atom is -0.380 e. The van der Waals surface area contributed by atoms with Crippen LogP contribution in [0.25, 0.3) is 0 Å². The number of halogens is 3. The molecular formula is C22H25F3N2O2. The highest BCUT2D eigenvalue weighted by Crippen LogP contribution is 2.34. The van der Waals surface area contributed by atoms with Crippen LogP contribution in [-0.2, 0) is 4.79 Å². The molecule has 1 amide bonds. The van der Waals surface area contributed by atoms with Gasteiger partial charge in [-0.3, -0.25) is 9.69 Å². The molecule has 0 aromatic heterocycles. The monoisotopic (exact) mass is 406 g/mol. The van der Waals surface area contributed by atoms with E-state index in [1.54, 1.807) is 0 Å². The number of piperazine rings is 1. The van der Waals surface area contributed by atoms with Crippen molar-refractivity contribution in [1.29, 1.82) is 0 Å². The number of hydrogen-bond donors (Lipinski definition) is 1. The van der Waals surface area contributed by atoms with Crippen LogP contribution in [0.2, 0.25) is 0 Å². The first-order valence-corrected chi connectivity index (χ1v) is 9.60. The van der Waals surface area contributed by atoms with Crippen molar-refractivity contribution in [2.75, 3.05) is 26.2 Å². The highest BCUT2D eigenvalue weighted by molar-refractivity contribution is 5.77. The number of amides is 1. The summed E-state index contributed by atoms with van der Waals surface area (Å²) in [5, 5.41) is 9.61. The maximum absolute atomic E-state index is 12.9. The molecule has 1 N–H and O–H groups in total. The van der Waals surface area contributed by atoms with Crippen LogP contribution >= 0.6 is 0 Å². The second-order valence-electron chi connectivity index (χ2n) is 7.59. The van der Waals surface area contributed by atoms with E-state index in [9.17, 15) is 23.1 Å². The number of carbonyl (C=O) groups excluding carboxylic acids is 1. The second kappa shape index (κ2) is 8.55. The summed E-state index contributed by atoms with van der Waals surface area (Å²) >= 11 is 0. The molecule has 1 atom stereocenters. The van der Waals surface area contributed by atoms with Crippen LogP contribution < -0.4 is 0 Å². The van der Waals surface area contributed by atoms with Gasteiger partial charge in [0.25, 0.3) is 0 Å². The lowest BCUT2D eigenvalue weighted by atomic mass is 9.96. The zero-order valence-electron chi connectivity index (χ0n) is 16.3. The molecule has 3 rings (SSSR count). The number of alkyl halides is 3. The van der Waals surface area contributed by atoms with Gasteiger partial charge in [0.05, 0.1) is 12.5 Å². The van der Waals surface area contributed by atoms with Gasteiger partial charge in [0.15, 0.2) is 5.60 Å². The molecule has 1 heterocycles. The van der Waals surface area contributed by atoms with Gasteiger partial charge in [0.2, 0.25) is 5.91 Å². The Labute approximate surface area is 168 Å². The quantitative estimate of drug-likeness (QED) is 0.825. The average Bonchev–Trinajstić information content (AvgIpc) is 2.69. The van der Waals surface area contributed by atoms with E-state index in [2.05, 4.69) is 29.2 Å². The Hall–Kier alpha value is -2.38. The van der Waals surface area contributed by atoms with Gasteiger partial charge in [-0.2, -0.15) is 13.2 Å². The van der Waals surface area contributed by atoms with Crippen LogP contribution in [-0.4, -0.2) is 58.8 Å². The SMILES string of the molecule is C[C@](O)(CC(=O)N1CCN(C(c2ccccc2)c2ccccc2)CC1)C(F)(F)F. The van der Waals surface area contributed by atoms with E-state index in [1.165, 1.54) is 4.90 Å². The Bertz CT molecular complexity index is 762. The van der Waals surface area contributed by atoms with Crippen molar-refractivity contribution in [3.8, 4) is 0 Å². The van der Waals surface area contributed by atoms with Gasteiger partial charge in [-0.25, -0.2) is 0 Å². The fourth-order valence-electron chi connectivity index (χ4n) is 3.62. The molecule has 1 fully saturated rings. The Balaban J connectivity index is 1.70. The van der Waals surface area contributed by atoms with E-state index >= 15 is 0 Å². The van der Waals surface area contributed by atoms with Crippen LogP contribution in [0.1, 0.15) is 30.5 Å². The smallest absolute Gasteiger partial charge is 0.380 e. The fourth-order valence-corrected chi connectivity index (χ4v) is 3.62. The van der Waals surface area contributed by atoms with Gasteiger partial charge in [-0.05, 0) is 18.1 Å². The number of hydrogen-bond acceptors (Lipinski definition) is 3. The van der Waals surface area contributed by atoms with Gasteiger partial charge in [0.1, 0.15) is 0 Å². The normalized spacial score (nSPS) is 17.9. The Morgan fingerprint density at radius 2 is 1.38 bits per heavy atom. The maximum Gasteiger partial charge on any atom is 0.417 e. The van der Waals surface area contributed by atoms with Gasteiger partial charge >= 0.3 is 6.18 Å². The third kappa shape index (κ3) is 4.97. The first kappa shape index (κ1) is 21.3. The van der Waals surface area contributed by atoms with Crippen molar-refractivity contribution in [2.45, 2.75) is 31.2 Å². The molecule has 29 heavy (non-hydrogen) atoms. The molecule has 0 aliphatic carbocycles. The summed E-state index contributed by atoms with van der Waals surface area (Å²) in [6, 6.07) is 20.0. The highest BCUT2D eigenvalue weighted by Gasteiger charge is 2.51. The summed E-state index contributed by atoms with van der Waals surface area (Å²) in [5.41, 5.74) is -0.769. The zero-order chi connectivity index (χ0) is 21.1. The van der Waals surface area contributed by atoms with Crippen LogP contribution in [0.4, 0.5) is 13.2 Å². The lowest BCUT2D eigenvalue weighted by Crippen LogP contribution is -2.53. The van der Waals surface area contributed by atoms with E-state index in [0.717, 1.165) is 11.1 Å². The lowest BCUT2D eigenvalue weighted by molar-refractivity contribution is -0.254. The lowest BCUT2D eigenvalue weighted by Gasteiger charge is -2.40. The van der Waals surface area contributed by atoms with Gasteiger partial charge in [-0.1, -0.05) is 60.7 Å². The molecule has 1 aliphatic heterocycles. The summed E-state index contributed by atoms with van der Waals surface area (Å²) < 4.78 is 38.6. The van der Waals surface area contributed by atoms with Crippen LogP contribution in [0.5, 0.6) is 0 Å². The van der Waals surface area contributed by atoms with Gasteiger partial charge in [-0.15, -0.1) is 0 Å². The minimum atomic E-state index is -4.84. The van der Waals surface area contributed by atoms with Gasteiger partial charge < -0.3 is 10.0 Å². The molecule has 2 aromatic rings. The molecule has 7 heteroatoms. The summed E-state index contributed by atoms with van der Waals surface area (Å²) in [7, 11) is 0. The average molecular weight is 406 g/mol. The Kier molecular flexibility index (Phi) is 6.29.